The summed E-state index contributed by atoms with van der Waals surface area (Å²) in [5.41, 5.74) is 6.65. The van der Waals surface area contributed by atoms with Crippen LogP contribution < -0.4 is 5.09 Å². The number of fused-ring (bicyclic) bond motifs is 3. The Hall–Kier alpha value is -1.70. The molecule has 0 bridgehead atoms. The van der Waals surface area contributed by atoms with E-state index in [0.717, 1.165) is 21.9 Å². The number of rotatable bonds is 1. The molecule has 1 aromatic heterocycles. The lowest BCUT2D eigenvalue weighted by Gasteiger charge is -2.27. The summed E-state index contributed by atoms with van der Waals surface area (Å²) in [6.07, 6.45) is 0. The molecule has 0 aliphatic carbocycles. The number of benzene rings is 2. The molecule has 3 rings (SSSR count). The SMILES string of the molecule is CC(C)(C)Np1oc2c(C(C)(C)C)cc(C(C)(C)C)cc2c2cc(C(C)(C)C)cc(C(C)(C)C)c2o1. The number of nitrogens with one attached hydrogen (secondary N) is 1. The Labute approximate surface area is 221 Å². The van der Waals surface area contributed by atoms with Crippen molar-refractivity contribution in [3.8, 4) is 0 Å². The molecule has 4 heteroatoms. The highest BCUT2D eigenvalue weighted by Gasteiger charge is 2.29. The van der Waals surface area contributed by atoms with Crippen molar-refractivity contribution in [1.29, 1.82) is 0 Å². The van der Waals surface area contributed by atoms with Crippen LogP contribution in [0.1, 0.15) is 126 Å². The van der Waals surface area contributed by atoms with Gasteiger partial charge >= 0.3 is 8.16 Å². The molecule has 0 spiro atoms. The fraction of sp³-hybridized carbons (Fsp3) is 0.625. The number of hydrogen-bond donors (Lipinski definition) is 1. The highest BCUT2D eigenvalue weighted by molar-refractivity contribution is 7.38. The molecule has 1 heterocycles. The summed E-state index contributed by atoms with van der Waals surface area (Å²) < 4.78 is 13.7. The average molecular weight is 512 g/mol. The van der Waals surface area contributed by atoms with Crippen molar-refractivity contribution in [3.63, 3.8) is 0 Å². The lowest BCUT2D eigenvalue weighted by Crippen LogP contribution is -2.23. The first-order valence-electron chi connectivity index (χ1n) is 13.3. The maximum absolute atomic E-state index is 6.87. The molecule has 0 aliphatic rings. The summed E-state index contributed by atoms with van der Waals surface area (Å²) in [5, 5.41) is 5.92. The monoisotopic (exact) mass is 511 g/mol. The van der Waals surface area contributed by atoms with E-state index in [1.807, 2.05) is 0 Å². The van der Waals surface area contributed by atoms with Gasteiger partial charge in [-0.05, 0) is 65.7 Å². The quantitative estimate of drug-likeness (QED) is 0.353. The van der Waals surface area contributed by atoms with Crippen LogP contribution >= 0.6 is 8.16 Å². The molecule has 2 aromatic carbocycles. The van der Waals surface area contributed by atoms with Gasteiger partial charge in [-0.15, -0.1) is 0 Å². The second-order valence-electron chi connectivity index (χ2n) is 15.6. The van der Waals surface area contributed by atoms with E-state index < -0.39 is 8.16 Å². The molecule has 0 amide bonds. The van der Waals surface area contributed by atoms with Crippen molar-refractivity contribution in [2.24, 2.45) is 0 Å². The summed E-state index contributed by atoms with van der Waals surface area (Å²) >= 11 is 0. The largest absolute Gasteiger partial charge is 0.408 e. The fourth-order valence-corrected chi connectivity index (χ4v) is 5.74. The van der Waals surface area contributed by atoms with E-state index >= 15 is 0 Å². The number of hydrogen-bond acceptors (Lipinski definition) is 3. The minimum absolute atomic E-state index is 0.00520. The normalized spacial score (nSPS) is 14.1. The van der Waals surface area contributed by atoms with Gasteiger partial charge in [-0.2, -0.15) is 0 Å². The smallest absolute Gasteiger partial charge is 0.307 e. The predicted molar refractivity (Wildman–Crippen MR) is 160 cm³/mol. The average Bonchev–Trinajstić information content (AvgIpc) is 2.77. The zero-order valence-electron chi connectivity index (χ0n) is 25.6. The van der Waals surface area contributed by atoms with Crippen LogP contribution in [0, 0.1) is 0 Å². The van der Waals surface area contributed by atoms with Crippen molar-refractivity contribution in [3.05, 3.63) is 46.5 Å². The lowest BCUT2D eigenvalue weighted by molar-refractivity contribution is 0.552. The van der Waals surface area contributed by atoms with E-state index in [1.165, 1.54) is 22.3 Å². The first-order valence-corrected chi connectivity index (χ1v) is 14.5. The van der Waals surface area contributed by atoms with Gasteiger partial charge in [0, 0.05) is 27.4 Å². The van der Waals surface area contributed by atoms with Crippen LogP contribution in [0.5, 0.6) is 0 Å². The molecular formula is C32H50NO2P. The van der Waals surface area contributed by atoms with Gasteiger partial charge in [-0.1, -0.05) is 95.2 Å². The highest BCUT2D eigenvalue weighted by Crippen LogP contribution is 2.45. The fourth-order valence-electron chi connectivity index (χ4n) is 4.34. The first-order chi connectivity index (χ1) is 16.0. The molecule has 0 atom stereocenters. The summed E-state index contributed by atoms with van der Waals surface area (Å²) in [7, 11) is -1.41. The van der Waals surface area contributed by atoms with Crippen molar-refractivity contribution < 1.29 is 8.39 Å². The second kappa shape index (κ2) is 8.95. The second-order valence-corrected chi connectivity index (χ2v) is 16.7. The molecule has 0 saturated heterocycles. The van der Waals surface area contributed by atoms with Crippen molar-refractivity contribution >= 4 is 30.1 Å². The van der Waals surface area contributed by atoms with Crippen LogP contribution in [-0.4, -0.2) is 5.54 Å². The third kappa shape index (κ3) is 6.22. The highest BCUT2D eigenvalue weighted by atomic mass is 31.1. The minimum atomic E-state index is -1.41. The predicted octanol–water partition coefficient (Wildman–Crippen LogP) is 10.8. The van der Waals surface area contributed by atoms with Gasteiger partial charge in [0.15, 0.2) is 0 Å². The van der Waals surface area contributed by atoms with Crippen molar-refractivity contribution in [2.75, 3.05) is 5.09 Å². The Bertz CT molecular complexity index is 1220. The molecule has 3 aromatic rings. The van der Waals surface area contributed by atoms with E-state index in [0.29, 0.717) is 0 Å². The Balaban J connectivity index is 2.76. The summed E-state index contributed by atoms with van der Waals surface area (Å²) in [4.78, 5) is 0. The Morgan fingerprint density at radius 3 is 1.08 bits per heavy atom. The van der Waals surface area contributed by atoms with E-state index in [9.17, 15) is 0 Å². The van der Waals surface area contributed by atoms with Gasteiger partial charge in [0.25, 0.3) is 0 Å². The summed E-state index contributed by atoms with van der Waals surface area (Å²) in [6, 6.07) is 9.41. The Kier molecular flexibility index (Phi) is 7.18. The Morgan fingerprint density at radius 2 is 0.833 bits per heavy atom. The summed E-state index contributed by atoms with van der Waals surface area (Å²) in [5.74, 6) is 0. The van der Waals surface area contributed by atoms with E-state index in [1.54, 1.807) is 0 Å². The molecule has 1 N–H and O–H groups in total. The molecule has 0 aliphatic heterocycles. The molecule has 36 heavy (non-hydrogen) atoms. The topological polar surface area (TPSA) is 38.3 Å². The van der Waals surface area contributed by atoms with Crippen LogP contribution in [0.25, 0.3) is 21.9 Å². The lowest BCUT2D eigenvalue weighted by atomic mass is 9.77. The van der Waals surface area contributed by atoms with Gasteiger partial charge < -0.3 is 8.39 Å². The molecule has 0 fully saturated rings. The first kappa shape index (κ1) is 28.9. The van der Waals surface area contributed by atoms with Gasteiger partial charge in [0.1, 0.15) is 11.2 Å². The summed E-state index contributed by atoms with van der Waals surface area (Å²) in [6.45, 7) is 33.9. The molecule has 3 nitrogen and oxygen atoms in total. The molecule has 0 saturated carbocycles. The molecule has 200 valence electrons. The van der Waals surface area contributed by atoms with Gasteiger partial charge in [-0.25, -0.2) is 5.09 Å². The standard InChI is InChI=1S/C32H50NO2P/c1-28(2,3)20-16-22-23-17-21(29(4,5)6)19-25(31(10,11)12)27(23)35-36(33-32(13,14)15)34-26(22)24(18-20)30(7,8)9/h16-19,33H,1-15H3. The van der Waals surface area contributed by atoms with E-state index in [2.05, 4.69) is 133 Å². The van der Waals surface area contributed by atoms with Crippen LogP contribution in [0.3, 0.4) is 0 Å². The zero-order valence-corrected chi connectivity index (χ0v) is 26.5. The van der Waals surface area contributed by atoms with Gasteiger partial charge in [0.05, 0.1) is 0 Å². The van der Waals surface area contributed by atoms with Crippen LogP contribution in [0.15, 0.2) is 32.7 Å². The van der Waals surface area contributed by atoms with Gasteiger partial charge in [0.2, 0.25) is 0 Å². The van der Waals surface area contributed by atoms with Crippen molar-refractivity contribution in [1.82, 2.24) is 0 Å². The Morgan fingerprint density at radius 1 is 0.500 bits per heavy atom. The van der Waals surface area contributed by atoms with Crippen LogP contribution in [0.2, 0.25) is 0 Å². The molecule has 0 radical (unpaired) electrons. The van der Waals surface area contributed by atoms with Gasteiger partial charge in [-0.3, -0.25) is 0 Å². The van der Waals surface area contributed by atoms with E-state index in [-0.39, 0.29) is 27.2 Å². The zero-order chi connectivity index (χ0) is 27.6. The maximum atomic E-state index is 6.87. The molecule has 0 unspecified atom stereocenters. The van der Waals surface area contributed by atoms with Crippen molar-refractivity contribution in [2.45, 2.75) is 131 Å². The molecular weight excluding hydrogens is 461 g/mol. The van der Waals surface area contributed by atoms with Crippen LogP contribution in [-0.2, 0) is 21.7 Å². The van der Waals surface area contributed by atoms with E-state index in [4.69, 9.17) is 8.39 Å². The third-order valence-electron chi connectivity index (χ3n) is 6.59. The minimum Gasteiger partial charge on any atom is -0.408 e. The van der Waals surface area contributed by atoms with Crippen LogP contribution in [0.4, 0.5) is 0 Å². The maximum Gasteiger partial charge on any atom is 0.307 e. The third-order valence-corrected chi connectivity index (χ3v) is 8.14.